The van der Waals surface area contributed by atoms with Gasteiger partial charge in [0.2, 0.25) is 0 Å². The van der Waals surface area contributed by atoms with Gasteiger partial charge in [0.1, 0.15) is 0 Å². The molecule has 1 saturated heterocycles. The molecule has 1 fully saturated rings. The Morgan fingerprint density at radius 3 is 2.64 bits per heavy atom. The van der Waals surface area contributed by atoms with Crippen LogP contribution in [-0.4, -0.2) is 25.5 Å². The summed E-state index contributed by atoms with van der Waals surface area (Å²) >= 11 is 1.95. The van der Waals surface area contributed by atoms with Crippen LogP contribution in [0.1, 0.15) is 0 Å². The Hall–Kier alpha value is 0.0300. The first-order valence-electron chi connectivity index (χ1n) is 4.21. The van der Waals surface area contributed by atoms with Crippen LogP contribution < -0.4 is 0 Å². The van der Waals surface area contributed by atoms with Gasteiger partial charge in [-0.05, 0) is 24.3 Å². The van der Waals surface area contributed by atoms with Crippen molar-refractivity contribution < 1.29 is 8.76 Å². The molecule has 5 heteroatoms. The lowest BCUT2D eigenvalue weighted by Gasteiger charge is -2.00. The third kappa shape index (κ3) is 3.02. The molecule has 2 rings (SSSR count). The molecule has 1 aliphatic heterocycles. The van der Waals surface area contributed by atoms with Crippen LogP contribution in [0.2, 0.25) is 0 Å². The van der Waals surface area contributed by atoms with Crippen LogP contribution in [0.25, 0.3) is 0 Å². The van der Waals surface area contributed by atoms with E-state index in [-0.39, 0.29) is 0 Å². The maximum atomic E-state index is 10.7. The lowest BCUT2D eigenvalue weighted by atomic mass is 10.4. The molecule has 1 aromatic carbocycles. The minimum atomic E-state index is -1.85. The van der Waals surface area contributed by atoms with E-state index in [1.54, 1.807) is 12.1 Å². The summed E-state index contributed by atoms with van der Waals surface area (Å²) in [6, 6.07) is 7.22. The molecule has 0 saturated carbocycles. The molecule has 0 aliphatic carbocycles. The van der Waals surface area contributed by atoms with Gasteiger partial charge in [0.05, 0.1) is 4.90 Å². The van der Waals surface area contributed by atoms with E-state index in [0.29, 0.717) is 4.90 Å². The molecule has 76 valence electrons. The van der Waals surface area contributed by atoms with Crippen molar-refractivity contribution >= 4 is 34.6 Å². The number of rotatable bonds is 4. The first-order chi connectivity index (χ1) is 6.75. The van der Waals surface area contributed by atoms with Crippen molar-refractivity contribution in [3.63, 3.8) is 0 Å². The first kappa shape index (κ1) is 10.5. The lowest BCUT2D eigenvalue weighted by molar-refractivity contribution is 0.564. The van der Waals surface area contributed by atoms with E-state index in [1.165, 1.54) is 10.6 Å². The van der Waals surface area contributed by atoms with Crippen LogP contribution in [0.5, 0.6) is 0 Å². The second kappa shape index (κ2) is 4.70. The van der Waals surface area contributed by atoms with Gasteiger partial charge in [-0.2, -0.15) is 11.8 Å². The summed E-state index contributed by atoms with van der Waals surface area (Å²) in [6.07, 6.45) is 0. The Morgan fingerprint density at radius 1 is 1.50 bits per heavy atom. The highest BCUT2D eigenvalue weighted by Gasteiger charge is 2.21. The Morgan fingerprint density at radius 2 is 2.14 bits per heavy atom. The van der Waals surface area contributed by atoms with E-state index >= 15 is 0 Å². The molecule has 1 aliphatic rings. The van der Waals surface area contributed by atoms with Gasteiger partial charge in [-0.3, -0.25) is 0 Å². The molecule has 2 atom stereocenters. The lowest BCUT2D eigenvalue weighted by Crippen LogP contribution is -1.89. The van der Waals surface area contributed by atoms with Crippen molar-refractivity contribution in [2.45, 2.75) is 15.0 Å². The van der Waals surface area contributed by atoms with Gasteiger partial charge in [0.25, 0.3) is 0 Å². The molecular weight excluding hydrogens is 236 g/mol. The van der Waals surface area contributed by atoms with Gasteiger partial charge in [0.15, 0.2) is 11.1 Å². The van der Waals surface area contributed by atoms with E-state index < -0.39 is 11.1 Å². The molecule has 1 N–H and O–H groups in total. The van der Waals surface area contributed by atoms with E-state index in [0.717, 1.165) is 11.0 Å². The van der Waals surface area contributed by atoms with Crippen molar-refractivity contribution in [2.75, 3.05) is 11.5 Å². The summed E-state index contributed by atoms with van der Waals surface area (Å²) < 4.78 is 19.5. The van der Waals surface area contributed by atoms with Gasteiger partial charge in [0, 0.05) is 21.7 Å². The number of hydrogen-bond acceptors (Lipinski definition) is 3. The van der Waals surface area contributed by atoms with E-state index in [1.807, 2.05) is 35.7 Å². The van der Waals surface area contributed by atoms with Crippen LogP contribution in [0, 0.1) is 0 Å². The summed E-state index contributed by atoms with van der Waals surface area (Å²) in [4.78, 5) is 1.64. The summed E-state index contributed by atoms with van der Waals surface area (Å²) in [5.74, 6) is 2.43. The topological polar surface area (TPSA) is 37.3 Å². The fourth-order valence-corrected chi connectivity index (χ4v) is 3.19. The van der Waals surface area contributed by atoms with Gasteiger partial charge < -0.3 is 4.55 Å². The highest BCUT2D eigenvalue weighted by molar-refractivity contribution is 8.08. The molecule has 2 nitrogen and oxygen atoms in total. The highest BCUT2D eigenvalue weighted by Crippen LogP contribution is 2.35. The van der Waals surface area contributed by atoms with Crippen LogP contribution >= 0.6 is 23.5 Å². The normalized spacial score (nSPS) is 21.9. The Kier molecular flexibility index (Phi) is 3.54. The van der Waals surface area contributed by atoms with Gasteiger partial charge >= 0.3 is 0 Å². The minimum absolute atomic E-state index is 0.468. The SMILES string of the molecule is O=S(O)c1ccc(SCC2CS2)cc1. The first-order valence-corrected chi connectivity index (χ1v) is 7.35. The van der Waals surface area contributed by atoms with Crippen LogP contribution in [0.4, 0.5) is 0 Å². The average molecular weight is 246 g/mol. The number of benzene rings is 1. The quantitative estimate of drug-likeness (QED) is 0.503. The minimum Gasteiger partial charge on any atom is -0.302 e. The third-order valence-electron chi connectivity index (χ3n) is 1.86. The zero-order valence-corrected chi connectivity index (χ0v) is 9.83. The molecule has 0 spiro atoms. The molecule has 2 unspecified atom stereocenters. The largest absolute Gasteiger partial charge is 0.302 e. The monoisotopic (exact) mass is 246 g/mol. The van der Waals surface area contributed by atoms with E-state index in [2.05, 4.69) is 0 Å². The van der Waals surface area contributed by atoms with Crippen molar-refractivity contribution in [2.24, 2.45) is 0 Å². The molecular formula is C9H10O2S3. The van der Waals surface area contributed by atoms with Crippen LogP contribution in [0.3, 0.4) is 0 Å². The van der Waals surface area contributed by atoms with Crippen LogP contribution in [0.15, 0.2) is 34.1 Å². The molecule has 0 bridgehead atoms. The molecule has 14 heavy (non-hydrogen) atoms. The zero-order valence-electron chi connectivity index (χ0n) is 7.38. The summed E-state index contributed by atoms with van der Waals surface area (Å²) in [6.45, 7) is 0. The number of hydrogen-bond donors (Lipinski definition) is 1. The fourth-order valence-electron chi connectivity index (χ4n) is 1.01. The Balaban J connectivity index is 1.94. The van der Waals surface area contributed by atoms with Crippen LogP contribution in [-0.2, 0) is 11.1 Å². The van der Waals surface area contributed by atoms with Gasteiger partial charge in [-0.25, -0.2) is 4.21 Å². The molecule has 0 aromatic heterocycles. The maximum Gasteiger partial charge on any atom is 0.186 e. The average Bonchev–Trinajstić information content (AvgIpc) is 2.99. The zero-order chi connectivity index (χ0) is 9.97. The van der Waals surface area contributed by atoms with Crippen molar-refractivity contribution in [3.8, 4) is 0 Å². The summed E-state index contributed by atoms with van der Waals surface area (Å²) in [5, 5.41) is 0.826. The smallest absolute Gasteiger partial charge is 0.186 e. The predicted octanol–water partition coefficient (Wildman–Crippen LogP) is 2.47. The standard InChI is InChI=1S/C9H10O2S3/c10-14(11)9-3-1-7(2-4-9)12-5-8-6-13-8/h1-4,8H,5-6H2,(H,10,11). The highest BCUT2D eigenvalue weighted by atomic mass is 32.2. The maximum absolute atomic E-state index is 10.7. The second-order valence-corrected chi connectivity index (χ2v) is 6.38. The number of thioether (sulfide) groups is 2. The van der Waals surface area contributed by atoms with Crippen molar-refractivity contribution in [1.29, 1.82) is 0 Å². The van der Waals surface area contributed by atoms with E-state index in [9.17, 15) is 4.21 Å². The second-order valence-electron chi connectivity index (χ2n) is 2.99. The van der Waals surface area contributed by atoms with E-state index in [4.69, 9.17) is 4.55 Å². The van der Waals surface area contributed by atoms with Gasteiger partial charge in [-0.1, -0.05) is 0 Å². The summed E-state index contributed by atoms with van der Waals surface area (Å²) in [7, 11) is 0. The molecule has 0 radical (unpaired) electrons. The molecule has 1 aromatic rings. The van der Waals surface area contributed by atoms with Gasteiger partial charge in [-0.15, -0.1) is 11.8 Å². The van der Waals surface area contributed by atoms with Crippen molar-refractivity contribution in [3.05, 3.63) is 24.3 Å². The molecule has 1 heterocycles. The Labute approximate surface area is 94.1 Å². The summed E-state index contributed by atoms with van der Waals surface area (Å²) in [5.41, 5.74) is 0. The Bertz CT molecular complexity index is 332. The molecule has 0 amide bonds. The van der Waals surface area contributed by atoms with Crippen molar-refractivity contribution in [1.82, 2.24) is 0 Å². The fraction of sp³-hybridized carbons (Fsp3) is 0.333. The predicted molar refractivity (Wildman–Crippen MR) is 62.4 cm³/mol. The third-order valence-corrected chi connectivity index (χ3v) is 4.90.